The molecule has 0 saturated heterocycles. The van der Waals surface area contributed by atoms with Gasteiger partial charge in [0.05, 0.1) is 12.7 Å². The highest BCUT2D eigenvalue weighted by Gasteiger charge is 2.31. The average Bonchev–Trinajstić information content (AvgIpc) is 2.97. The smallest absolute Gasteiger partial charge is 0.0610 e. The highest BCUT2D eigenvalue weighted by molar-refractivity contribution is 4.92. The van der Waals surface area contributed by atoms with Gasteiger partial charge in [0.2, 0.25) is 0 Å². The van der Waals surface area contributed by atoms with E-state index in [4.69, 9.17) is 4.74 Å². The lowest BCUT2D eigenvalue weighted by molar-refractivity contribution is 0.0488. The minimum atomic E-state index is -0.0970. The molecule has 2 aliphatic carbocycles. The molecule has 0 spiro atoms. The third-order valence-electron chi connectivity index (χ3n) is 4.01. The van der Waals surface area contributed by atoms with Gasteiger partial charge in [-0.05, 0) is 45.4 Å². The topological polar surface area (TPSA) is 41.5 Å². The third-order valence-corrected chi connectivity index (χ3v) is 4.01. The van der Waals surface area contributed by atoms with Gasteiger partial charge in [-0.3, -0.25) is 0 Å². The molecular weight excluding hydrogens is 214 g/mol. The van der Waals surface area contributed by atoms with Crippen LogP contribution in [0.2, 0.25) is 0 Å². The van der Waals surface area contributed by atoms with Crippen LogP contribution in [-0.4, -0.2) is 36.0 Å². The summed E-state index contributed by atoms with van der Waals surface area (Å²) in [5, 5.41) is 13.0. The summed E-state index contributed by atoms with van der Waals surface area (Å²) in [7, 11) is 0. The van der Waals surface area contributed by atoms with E-state index in [1.54, 1.807) is 0 Å². The largest absolute Gasteiger partial charge is 0.394 e. The molecule has 0 amide bonds. The molecule has 0 aliphatic heterocycles. The Hall–Kier alpha value is -0.120. The second kappa shape index (κ2) is 6.17. The van der Waals surface area contributed by atoms with Gasteiger partial charge in [0, 0.05) is 18.2 Å². The molecule has 0 bridgehead atoms. The standard InChI is InChI=1S/C14H27NO2/c1-14(11-16,15-12-7-8-12)9-4-10-17-13-5-2-3-6-13/h12-13,15-16H,2-11H2,1H3. The van der Waals surface area contributed by atoms with E-state index in [-0.39, 0.29) is 12.1 Å². The number of rotatable bonds is 8. The molecule has 0 aromatic heterocycles. The fraction of sp³-hybridized carbons (Fsp3) is 1.00. The van der Waals surface area contributed by atoms with Crippen LogP contribution in [0, 0.1) is 0 Å². The summed E-state index contributed by atoms with van der Waals surface area (Å²) < 4.78 is 5.85. The van der Waals surface area contributed by atoms with E-state index in [1.807, 2.05) is 0 Å². The number of ether oxygens (including phenoxy) is 1. The molecule has 17 heavy (non-hydrogen) atoms. The lowest BCUT2D eigenvalue weighted by atomic mass is 9.97. The van der Waals surface area contributed by atoms with E-state index in [2.05, 4.69) is 12.2 Å². The molecule has 1 unspecified atom stereocenters. The first-order valence-corrected chi connectivity index (χ1v) is 7.22. The molecule has 3 heteroatoms. The maximum atomic E-state index is 9.47. The highest BCUT2D eigenvalue weighted by Crippen LogP contribution is 2.25. The van der Waals surface area contributed by atoms with Crippen LogP contribution in [0.15, 0.2) is 0 Å². The molecule has 0 aromatic rings. The van der Waals surface area contributed by atoms with Crippen LogP contribution >= 0.6 is 0 Å². The van der Waals surface area contributed by atoms with E-state index >= 15 is 0 Å². The van der Waals surface area contributed by atoms with E-state index in [0.717, 1.165) is 19.4 Å². The van der Waals surface area contributed by atoms with Crippen molar-refractivity contribution in [1.82, 2.24) is 5.32 Å². The number of hydrogen-bond acceptors (Lipinski definition) is 3. The van der Waals surface area contributed by atoms with E-state index in [9.17, 15) is 5.11 Å². The Morgan fingerprint density at radius 1 is 1.24 bits per heavy atom. The molecule has 100 valence electrons. The number of nitrogens with one attached hydrogen (secondary N) is 1. The fourth-order valence-corrected chi connectivity index (χ4v) is 2.68. The predicted molar refractivity (Wildman–Crippen MR) is 69.1 cm³/mol. The minimum absolute atomic E-state index is 0.0970. The molecule has 0 radical (unpaired) electrons. The van der Waals surface area contributed by atoms with Gasteiger partial charge in [0.25, 0.3) is 0 Å². The van der Waals surface area contributed by atoms with Crippen molar-refractivity contribution in [3.63, 3.8) is 0 Å². The molecule has 1 atom stereocenters. The molecule has 2 rings (SSSR count). The van der Waals surface area contributed by atoms with Gasteiger partial charge in [0.1, 0.15) is 0 Å². The first-order chi connectivity index (χ1) is 8.22. The van der Waals surface area contributed by atoms with Crippen molar-refractivity contribution in [3.05, 3.63) is 0 Å². The SMILES string of the molecule is CC(CO)(CCCOC1CCCC1)NC1CC1. The van der Waals surface area contributed by atoms with E-state index in [0.29, 0.717) is 12.1 Å². The summed E-state index contributed by atoms with van der Waals surface area (Å²) in [4.78, 5) is 0. The zero-order valence-corrected chi connectivity index (χ0v) is 11.1. The number of aliphatic hydroxyl groups excluding tert-OH is 1. The third kappa shape index (κ3) is 4.57. The van der Waals surface area contributed by atoms with Crippen LogP contribution < -0.4 is 5.32 Å². The van der Waals surface area contributed by atoms with Crippen molar-refractivity contribution in [2.75, 3.05) is 13.2 Å². The molecule has 3 nitrogen and oxygen atoms in total. The molecule has 2 saturated carbocycles. The highest BCUT2D eigenvalue weighted by atomic mass is 16.5. The van der Waals surface area contributed by atoms with Gasteiger partial charge in [-0.1, -0.05) is 12.8 Å². The molecule has 0 aromatic carbocycles. The Morgan fingerprint density at radius 3 is 2.53 bits per heavy atom. The quantitative estimate of drug-likeness (QED) is 0.640. The number of hydrogen-bond donors (Lipinski definition) is 2. The van der Waals surface area contributed by atoms with E-state index < -0.39 is 0 Å². The molecule has 2 aliphatic rings. The summed E-state index contributed by atoms with van der Waals surface area (Å²) >= 11 is 0. The Labute approximate surface area is 105 Å². The maximum absolute atomic E-state index is 9.47. The van der Waals surface area contributed by atoms with Gasteiger partial charge >= 0.3 is 0 Å². The van der Waals surface area contributed by atoms with Crippen molar-refractivity contribution >= 4 is 0 Å². The maximum Gasteiger partial charge on any atom is 0.0610 e. The second-order valence-corrected chi connectivity index (χ2v) is 6.02. The summed E-state index contributed by atoms with van der Waals surface area (Å²) in [6.07, 6.45) is 10.3. The van der Waals surface area contributed by atoms with Crippen LogP contribution in [0.25, 0.3) is 0 Å². The summed E-state index contributed by atoms with van der Waals surface area (Å²) in [6.45, 7) is 3.21. The zero-order chi connectivity index (χ0) is 12.1. The average molecular weight is 241 g/mol. The van der Waals surface area contributed by atoms with Crippen molar-refractivity contribution in [3.8, 4) is 0 Å². The van der Waals surface area contributed by atoms with Crippen molar-refractivity contribution in [2.24, 2.45) is 0 Å². The first kappa shape index (κ1) is 13.3. The molecule has 0 heterocycles. The van der Waals surface area contributed by atoms with E-state index in [1.165, 1.54) is 38.5 Å². The Morgan fingerprint density at radius 2 is 1.94 bits per heavy atom. The summed E-state index contributed by atoms with van der Waals surface area (Å²) in [6, 6.07) is 0.655. The van der Waals surface area contributed by atoms with Crippen LogP contribution in [0.1, 0.15) is 58.3 Å². The molecular formula is C14H27NO2. The van der Waals surface area contributed by atoms with Gasteiger partial charge in [-0.2, -0.15) is 0 Å². The first-order valence-electron chi connectivity index (χ1n) is 7.22. The van der Waals surface area contributed by atoms with Gasteiger partial charge in [-0.25, -0.2) is 0 Å². The monoisotopic (exact) mass is 241 g/mol. The van der Waals surface area contributed by atoms with Crippen molar-refractivity contribution in [1.29, 1.82) is 0 Å². The Kier molecular flexibility index (Phi) is 4.83. The van der Waals surface area contributed by atoms with Gasteiger partial charge in [0.15, 0.2) is 0 Å². The van der Waals surface area contributed by atoms with Crippen molar-refractivity contribution in [2.45, 2.75) is 76.0 Å². The fourth-order valence-electron chi connectivity index (χ4n) is 2.68. The second-order valence-electron chi connectivity index (χ2n) is 6.02. The minimum Gasteiger partial charge on any atom is -0.394 e. The lowest BCUT2D eigenvalue weighted by Crippen LogP contribution is -2.47. The lowest BCUT2D eigenvalue weighted by Gasteiger charge is -2.29. The summed E-state index contributed by atoms with van der Waals surface area (Å²) in [5.41, 5.74) is -0.0970. The van der Waals surface area contributed by atoms with Crippen LogP contribution in [-0.2, 0) is 4.74 Å². The van der Waals surface area contributed by atoms with Crippen molar-refractivity contribution < 1.29 is 9.84 Å². The van der Waals surface area contributed by atoms with Gasteiger partial charge in [-0.15, -0.1) is 0 Å². The Balaban J connectivity index is 1.58. The number of aliphatic hydroxyl groups is 1. The molecule has 2 fully saturated rings. The molecule has 2 N–H and O–H groups in total. The predicted octanol–water partition coefficient (Wildman–Crippen LogP) is 2.23. The normalized spacial score (nSPS) is 25.1. The summed E-state index contributed by atoms with van der Waals surface area (Å²) in [5.74, 6) is 0. The van der Waals surface area contributed by atoms with Gasteiger partial charge < -0.3 is 15.2 Å². The Bertz CT molecular complexity index is 224. The van der Waals surface area contributed by atoms with Crippen LogP contribution in [0.3, 0.4) is 0 Å². The van der Waals surface area contributed by atoms with Crippen LogP contribution in [0.5, 0.6) is 0 Å². The zero-order valence-electron chi connectivity index (χ0n) is 11.1. The van der Waals surface area contributed by atoms with Crippen LogP contribution in [0.4, 0.5) is 0 Å².